The molecule has 0 amide bonds. The van der Waals surface area contributed by atoms with Crippen LogP contribution >= 0.6 is 0 Å². The zero-order chi connectivity index (χ0) is 22.4. The van der Waals surface area contributed by atoms with Gasteiger partial charge in [-0.15, -0.1) is 0 Å². The van der Waals surface area contributed by atoms with Crippen molar-refractivity contribution in [2.24, 2.45) is 5.73 Å². The van der Waals surface area contributed by atoms with E-state index in [9.17, 15) is 13.2 Å². The number of benzene rings is 3. The molecule has 6 nitrogen and oxygen atoms in total. The van der Waals surface area contributed by atoms with Crippen molar-refractivity contribution in [3.8, 4) is 5.75 Å². The van der Waals surface area contributed by atoms with Crippen molar-refractivity contribution in [3.05, 3.63) is 95.6 Å². The maximum Gasteiger partial charge on any atom is 0.339 e. The smallest absolute Gasteiger partial charge is 0.339 e. The first-order chi connectivity index (χ1) is 14.8. The summed E-state index contributed by atoms with van der Waals surface area (Å²) in [7, 11) is -2.64. The molecular formula is C24H25NO5S. The fourth-order valence-electron chi connectivity index (χ4n) is 3.30. The number of rotatable bonds is 8. The summed E-state index contributed by atoms with van der Waals surface area (Å²) in [4.78, 5) is 12.5. The van der Waals surface area contributed by atoms with Crippen molar-refractivity contribution in [3.63, 3.8) is 0 Å². The maximum absolute atomic E-state index is 12.5. The molecule has 0 spiro atoms. The first kappa shape index (κ1) is 22.5. The van der Waals surface area contributed by atoms with Crippen LogP contribution in [0.4, 0.5) is 0 Å². The standard InChI is InChI=1S/C24H25NO5S/c1-17-8-14-21(15-9-17)31(27,28)30-20-12-10-19(11-13-20)23(24(26)29-2)22(25)16-18-6-4-3-5-7-18/h3-15,22-23H,16,25H2,1-2H3. The van der Waals surface area contributed by atoms with Gasteiger partial charge in [0.05, 0.1) is 13.0 Å². The third kappa shape index (κ3) is 5.71. The summed E-state index contributed by atoms with van der Waals surface area (Å²) >= 11 is 0. The highest BCUT2D eigenvalue weighted by molar-refractivity contribution is 7.87. The highest BCUT2D eigenvalue weighted by atomic mass is 32.2. The summed E-state index contributed by atoms with van der Waals surface area (Å²) in [5, 5.41) is 0. The summed E-state index contributed by atoms with van der Waals surface area (Å²) in [5.41, 5.74) is 8.93. The summed E-state index contributed by atoms with van der Waals surface area (Å²) in [6, 6.07) is 21.8. The first-order valence-corrected chi connectivity index (χ1v) is 11.2. The Morgan fingerprint density at radius 3 is 2.13 bits per heavy atom. The third-order valence-electron chi connectivity index (χ3n) is 4.95. The lowest BCUT2D eigenvalue weighted by molar-refractivity contribution is -0.143. The van der Waals surface area contributed by atoms with Gasteiger partial charge in [0.15, 0.2) is 0 Å². The van der Waals surface area contributed by atoms with Crippen LogP contribution in [0.1, 0.15) is 22.6 Å². The van der Waals surface area contributed by atoms with Crippen molar-refractivity contribution < 1.29 is 22.1 Å². The van der Waals surface area contributed by atoms with Crippen molar-refractivity contribution in [1.82, 2.24) is 0 Å². The molecule has 0 saturated heterocycles. The monoisotopic (exact) mass is 439 g/mol. The number of hydrogen-bond donors (Lipinski definition) is 1. The summed E-state index contributed by atoms with van der Waals surface area (Å²) in [6.45, 7) is 1.87. The maximum atomic E-state index is 12.5. The molecule has 0 aliphatic heterocycles. The topological polar surface area (TPSA) is 95.7 Å². The van der Waals surface area contributed by atoms with E-state index in [4.69, 9.17) is 14.7 Å². The molecule has 0 saturated carbocycles. The van der Waals surface area contributed by atoms with Crippen LogP contribution in [-0.4, -0.2) is 27.5 Å². The largest absolute Gasteiger partial charge is 0.469 e. The second-order valence-electron chi connectivity index (χ2n) is 7.27. The van der Waals surface area contributed by atoms with Gasteiger partial charge in [0.1, 0.15) is 10.6 Å². The van der Waals surface area contributed by atoms with Crippen LogP contribution in [0.5, 0.6) is 5.75 Å². The molecule has 2 atom stereocenters. The van der Waals surface area contributed by atoms with Gasteiger partial charge in [0.2, 0.25) is 0 Å². The van der Waals surface area contributed by atoms with E-state index in [1.54, 1.807) is 24.3 Å². The molecule has 0 radical (unpaired) electrons. The summed E-state index contributed by atoms with van der Waals surface area (Å²) in [5.74, 6) is -1.01. The molecule has 0 fully saturated rings. The molecule has 3 aromatic carbocycles. The zero-order valence-corrected chi connectivity index (χ0v) is 18.2. The van der Waals surface area contributed by atoms with Gasteiger partial charge in [-0.1, -0.05) is 60.2 Å². The molecular weight excluding hydrogens is 414 g/mol. The zero-order valence-electron chi connectivity index (χ0n) is 17.4. The average molecular weight is 440 g/mol. The van der Waals surface area contributed by atoms with Crippen LogP contribution in [0.15, 0.2) is 83.8 Å². The van der Waals surface area contributed by atoms with E-state index in [-0.39, 0.29) is 10.6 Å². The van der Waals surface area contributed by atoms with Crippen LogP contribution in [0.3, 0.4) is 0 Å². The molecule has 31 heavy (non-hydrogen) atoms. The van der Waals surface area contributed by atoms with Crippen LogP contribution < -0.4 is 9.92 Å². The Labute approximate surface area is 182 Å². The van der Waals surface area contributed by atoms with Crippen LogP contribution in [0, 0.1) is 6.92 Å². The number of methoxy groups -OCH3 is 1. The first-order valence-electron chi connectivity index (χ1n) is 9.78. The van der Waals surface area contributed by atoms with Crippen molar-refractivity contribution in [1.29, 1.82) is 0 Å². The van der Waals surface area contributed by atoms with E-state index in [2.05, 4.69) is 0 Å². The number of ether oxygens (including phenoxy) is 1. The number of carbonyl (C=O) groups excluding carboxylic acids is 1. The molecule has 0 aliphatic carbocycles. The van der Waals surface area contributed by atoms with E-state index in [1.165, 1.54) is 31.4 Å². The summed E-state index contributed by atoms with van der Waals surface area (Å²) < 4.78 is 35.2. The fraction of sp³-hybridized carbons (Fsp3) is 0.208. The second-order valence-corrected chi connectivity index (χ2v) is 8.82. The minimum Gasteiger partial charge on any atom is -0.469 e. The highest BCUT2D eigenvalue weighted by Gasteiger charge is 2.29. The lowest BCUT2D eigenvalue weighted by atomic mass is 9.88. The summed E-state index contributed by atoms with van der Waals surface area (Å²) in [6.07, 6.45) is 0.487. The molecule has 7 heteroatoms. The minimum absolute atomic E-state index is 0.0690. The lowest BCUT2D eigenvalue weighted by Crippen LogP contribution is -2.36. The van der Waals surface area contributed by atoms with Crippen LogP contribution in [0.2, 0.25) is 0 Å². The quantitative estimate of drug-likeness (QED) is 0.426. The number of carbonyl (C=O) groups is 1. The predicted molar refractivity (Wildman–Crippen MR) is 118 cm³/mol. The van der Waals surface area contributed by atoms with E-state index in [0.717, 1.165) is 11.1 Å². The van der Waals surface area contributed by atoms with E-state index in [1.807, 2.05) is 37.3 Å². The third-order valence-corrected chi connectivity index (χ3v) is 6.21. The van der Waals surface area contributed by atoms with E-state index in [0.29, 0.717) is 12.0 Å². The van der Waals surface area contributed by atoms with E-state index >= 15 is 0 Å². The second kappa shape index (κ2) is 9.76. The molecule has 0 heterocycles. The molecule has 3 aromatic rings. The fourth-order valence-corrected chi connectivity index (χ4v) is 4.23. The van der Waals surface area contributed by atoms with Gasteiger partial charge < -0.3 is 14.7 Å². The Kier molecular flexibility index (Phi) is 7.09. The normalized spacial score (nSPS) is 13.3. The van der Waals surface area contributed by atoms with Crippen LogP contribution in [-0.2, 0) is 26.1 Å². The molecule has 162 valence electrons. The van der Waals surface area contributed by atoms with Gasteiger partial charge in [-0.05, 0) is 48.7 Å². The Morgan fingerprint density at radius 2 is 1.55 bits per heavy atom. The van der Waals surface area contributed by atoms with Gasteiger partial charge in [0, 0.05) is 6.04 Å². The molecule has 3 rings (SSSR count). The SMILES string of the molecule is COC(=O)C(c1ccc(OS(=O)(=O)c2ccc(C)cc2)cc1)C(N)Cc1ccccc1. The van der Waals surface area contributed by atoms with Gasteiger partial charge in [0.25, 0.3) is 0 Å². The van der Waals surface area contributed by atoms with Gasteiger partial charge in [-0.2, -0.15) is 8.42 Å². The number of nitrogens with two attached hydrogens (primary N) is 1. The van der Waals surface area contributed by atoms with Crippen molar-refractivity contribution >= 4 is 16.1 Å². The van der Waals surface area contributed by atoms with Crippen molar-refractivity contribution in [2.75, 3.05) is 7.11 Å². The molecule has 2 unspecified atom stereocenters. The number of hydrogen-bond acceptors (Lipinski definition) is 6. The highest BCUT2D eigenvalue weighted by Crippen LogP contribution is 2.26. The van der Waals surface area contributed by atoms with E-state index < -0.39 is 28.0 Å². The Balaban J connectivity index is 1.79. The molecule has 0 aromatic heterocycles. The predicted octanol–water partition coefficient (Wildman–Crippen LogP) is 3.59. The number of esters is 1. The lowest BCUT2D eigenvalue weighted by Gasteiger charge is -2.22. The Bertz CT molecular complexity index is 1110. The van der Waals surface area contributed by atoms with Gasteiger partial charge in [-0.25, -0.2) is 0 Å². The Hall–Kier alpha value is -3.16. The van der Waals surface area contributed by atoms with Gasteiger partial charge in [-0.3, -0.25) is 4.79 Å². The van der Waals surface area contributed by atoms with Crippen LogP contribution in [0.25, 0.3) is 0 Å². The molecule has 2 N–H and O–H groups in total. The van der Waals surface area contributed by atoms with Crippen molar-refractivity contribution in [2.45, 2.75) is 30.2 Å². The Morgan fingerprint density at radius 1 is 0.935 bits per heavy atom. The molecule has 0 bridgehead atoms. The van der Waals surface area contributed by atoms with Gasteiger partial charge >= 0.3 is 16.1 Å². The number of aryl methyl sites for hydroxylation is 1. The molecule has 0 aliphatic rings. The average Bonchev–Trinajstić information content (AvgIpc) is 2.75. The minimum atomic E-state index is -3.96.